The molecule has 0 amide bonds. The third-order valence-corrected chi connectivity index (χ3v) is 4.17. The van der Waals surface area contributed by atoms with E-state index in [9.17, 15) is 10.1 Å². The van der Waals surface area contributed by atoms with Crippen LogP contribution in [0.15, 0.2) is 42.7 Å². The molecule has 0 spiro atoms. The number of anilines is 2. The zero-order valence-corrected chi connectivity index (χ0v) is 13.1. The lowest BCUT2D eigenvalue weighted by atomic mass is 10.1. The molecule has 5 heteroatoms. The Kier molecular flexibility index (Phi) is 4.24. The number of Topliss-reactive ketones (excluding diaryl/α,β-unsaturated/α-hetero) is 1. The molecule has 0 unspecified atom stereocenters. The number of benzene rings is 1. The lowest BCUT2D eigenvalue weighted by Gasteiger charge is -2.37. The Hall–Kier alpha value is -2.87. The minimum absolute atomic E-state index is 0.0196. The largest absolute Gasteiger partial charge is 0.368 e. The summed E-state index contributed by atoms with van der Waals surface area (Å²) in [7, 11) is 0. The van der Waals surface area contributed by atoms with Gasteiger partial charge in [0.05, 0.1) is 11.3 Å². The summed E-state index contributed by atoms with van der Waals surface area (Å²) in [6.07, 6.45) is 3.59. The van der Waals surface area contributed by atoms with Crippen LogP contribution in [-0.4, -0.2) is 36.9 Å². The first-order chi connectivity index (χ1) is 11.2. The Bertz CT molecular complexity index is 743. The van der Waals surface area contributed by atoms with Crippen molar-refractivity contribution in [3.63, 3.8) is 0 Å². The second kappa shape index (κ2) is 6.49. The summed E-state index contributed by atoms with van der Waals surface area (Å²) in [4.78, 5) is 20.1. The lowest BCUT2D eigenvalue weighted by molar-refractivity contribution is 0.101. The second-order valence-electron chi connectivity index (χ2n) is 5.58. The molecule has 0 N–H and O–H groups in total. The molecule has 0 bridgehead atoms. The molecule has 23 heavy (non-hydrogen) atoms. The Morgan fingerprint density at radius 2 is 1.74 bits per heavy atom. The van der Waals surface area contributed by atoms with Gasteiger partial charge >= 0.3 is 0 Å². The highest BCUT2D eigenvalue weighted by Crippen LogP contribution is 2.25. The Morgan fingerprint density at radius 1 is 1.09 bits per heavy atom. The molecule has 1 aliphatic rings. The van der Waals surface area contributed by atoms with Gasteiger partial charge in [-0.15, -0.1) is 0 Å². The molecule has 0 radical (unpaired) electrons. The van der Waals surface area contributed by atoms with Crippen LogP contribution in [0, 0.1) is 11.3 Å². The van der Waals surface area contributed by atoms with Crippen LogP contribution in [0.2, 0.25) is 0 Å². The fourth-order valence-corrected chi connectivity index (χ4v) is 2.87. The van der Waals surface area contributed by atoms with Gasteiger partial charge in [0.25, 0.3) is 0 Å². The van der Waals surface area contributed by atoms with Gasteiger partial charge in [-0.3, -0.25) is 9.78 Å². The van der Waals surface area contributed by atoms with Crippen LogP contribution < -0.4 is 9.80 Å². The third-order valence-electron chi connectivity index (χ3n) is 4.17. The van der Waals surface area contributed by atoms with Crippen molar-refractivity contribution in [2.45, 2.75) is 6.92 Å². The quantitative estimate of drug-likeness (QED) is 0.815. The van der Waals surface area contributed by atoms with E-state index in [0.29, 0.717) is 11.1 Å². The standard InChI is InChI=1S/C18H18N4O/c1-14(23)15-2-3-16(13-19)18(12-15)22-10-8-21(9-11-22)17-4-6-20-7-5-17/h2-7,12H,8-11H2,1H3. The topological polar surface area (TPSA) is 60.2 Å². The molecule has 1 saturated heterocycles. The van der Waals surface area contributed by atoms with E-state index in [0.717, 1.165) is 37.6 Å². The average Bonchev–Trinajstić information content (AvgIpc) is 2.62. The van der Waals surface area contributed by atoms with Crippen molar-refractivity contribution in [3.05, 3.63) is 53.9 Å². The van der Waals surface area contributed by atoms with E-state index < -0.39 is 0 Å². The number of nitrogens with zero attached hydrogens (tertiary/aromatic N) is 4. The highest BCUT2D eigenvalue weighted by molar-refractivity contribution is 5.95. The van der Waals surface area contributed by atoms with Crippen LogP contribution in [-0.2, 0) is 0 Å². The van der Waals surface area contributed by atoms with E-state index in [1.807, 2.05) is 18.2 Å². The molecule has 2 aromatic rings. The van der Waals surface area contributed by atoms with Crippen molar-refractivity contribution in [2.24, 2.45) is 0 Å². The number of aromatic nitrogens is 1. The number of rotatable bonds is 3. The molecule has 0 aliphatic carbocycles. The summed E-state index contributed by atoms with van der Waals surface area (Å²) in [6.45, 7) is 4.93. The van der Waals surface area contributed by atoms with Gasteiger partial charge in [0, 0.05) is 49.8 Å². The van der Waals surface area contributed by atoms with Crippen LogP contribution in [0.1, 0.15) is 22.8 Å². The highest BCUT2D eigenvalue weighted by atomic mass is 16.1. The molecule has 0 saturated carbocycles. The lowest BCUT2D eigenvalue weighted by Crippen LogP contribution is -2.46. The number of carbonyl (C=O) groups excluding carboxylic acids is 1. The van der Waals surface area contributed by atoms with Crippen molar-refractivity contribution in [1.82, 2.24) is 4.98 Å². The van der Waals surface area contributed by atoms with Gasteiger partial charge in [-0.2, -0.15) is 5.26 Å². The summed E-state index contributed by atoms with van der Waals surface area (Å²) in [5.74, 6) is 0.0196. The van der Waals surface area contributed by atoms with E-state index in [4.69, 9.17) is 0 Å². The first kappa shape index (κ1) is 15.0. The van der Waals surface area contributed by atoms with Gasteiger partial charge in [-0.25, -0.2) is 0 Å². The first-order valence-corrected chi connectivity index (χ1v) is 7.64. The minimum atomic E-state index is 0.0196. The van der Waals surface area contributed by atoms with Gasteiger partial charge in [0.15, 0.2) is 5.78 Å². The molecular formula is C18H18N4O. The molecule has 1 aliphatic heterocycles. The van der Waals surface area contributed by atoms with Gasteiger partial charge in [-0.05, 0) is 37.3 Å². The number of pyridine rings is 1. The summed E-state index contributed by atoms with van der Waals surface area (Å²) < 4.78 is 0. The van der Waals surface area contributed by atoms with Crippen molar-refractivity contribution < 1.29 is 4.79 Å². The predicted molar refractivity (Wildman–Crippen MR) is 89.8 cm³/mol. The number of nitriles is 1. The summed E-state index contributed by atoms with van der Waals surface area (Å²) in [5.41, 5.74) is 3.29. The van der Waals surface area contributed by atoms with E-state index in [-0.39, 0.29) is 5.78 Å². The molecule has 5 nitrogen and oxygen atoms in total. The maximum Gasteiger partial charge on any atom is 0.159 e. The maximum absolute atomic E-state index is 11.6. The molecule has 1 aromatic carbocycles. The Balaban J connectivity index is 1.78. The number of ketones is 1. The smallest absolute Gasteiger partial charge is 0.159 e. The van der Waals surface area contributed by atoms with Crippen LogP contribution in [0.3, 0.4) is 0 Å². The van der Waals surface area contributed by atoms with Gasteiger partial charge in [0.1, 0.15) is 6.07 Å². The van der Waals surface area contributed by atoms with E-state index in [1.54, 1.807) is 31.5 Å². The molecule has 3 rings (SSSR count). The number of hydrogen-bond donors (Lipinski definition) is 0. The fourth-order valence-electron chi connectivity index (χ4n) is 2.87. The Labute approximate surface area is 135 Å². The predicted octanol–water partition coefficient (Wildman–Crippen LogP) is 2.48. The van der Waals surface area contributed by atoms with Crippen molar-refractivity contribution in [1.29, 1.82) is 5.26 Å². The van der Waals surface area contributed by atoms with E-state index >= 15 is 0 Å². The minimum Gasteiger partial charge on any atom is -0.368 e. The molecule has 1 aromatic heterocycles. The van der Waals surface area contributed by atoms with Gasteiger partial charge in [-0.1, -0.05) is 0 Å². The van der Waals surface area contributed by atoms with Crippen molar-refractivity contribution in [3.8, 4) is 6.07 Å². The van der Waals surface area contributed by atoms with Crippen molar-refractivity contribution in [2.75, 3.05) is 36.0 Å². The fraction of sp³-hybridized carbons (Fsp3) is 0.278. The molecule has 1 fully saturated rings. The third kappa shape index (κ3) is 3.16. The Morgan fingerprint density at radius 3 is 2.35 bits per heavy atom. The van der Waals surface area contributed by atoms with E-state index in [2.05, 4.69) is 20.9 Å². The zero-order valence-electron chi connectivity index (χ0n) is 13.1. The van der Waals surface area contributed by atoms with Crippen LogP contribution >= 0.6 is 0 Å². The number of carbonyl (C=O) groups is 1. The van der Waals surface area contributed by atoms with Crippen LogP contribution in [0.4, 0.5) is 11.4 Å². The second-order valence-corrected chi connectivity index (χ2v) is 5.58. The highest BCUT2D eigenvalue weighted by Gasteiger charge is 2.20. The molecular weight excluding hydrogens is 288 g/mol. The summed E-state index contributed by atoms with van der Waals surface area (Å²) in [5, 5.41) is 9.33. The normalized spacial score (nSPS) is 14.4. The van der Waals surface area contributed by atoms with Crippen LogP contribution in [0.25, 0.3) is 0 Å². The van der Waals surface area contributed by atoms with E-state index in [1.165, 1.54) is 0 Å². The van der Waals surface area contributed by atoms with Gasteiger partial charge in [0.2, 0.25) is 0 Å². The average molecular weight is 306 g/mol. The maximum atomic E-state index is 11.6. The summed E-state index contributed by atoms with van der Waals surface area (Å²) in [6, 6.07) is 11.5. The number of piperazine rings is 1. The molecule has 0 atom stereocenters. The monoisotopic (exact) mass is 306 g/mol. The van der Waals surface area contributed by atoms with Crippen LogP contribution in [0.5, 0.6) is 0 Å². The molecule has 116 valence electrons. The van der Waals surface area contributed by atoms with Gasteiger partial charge < -0.3 is 9.80 Å². The summed E-state index contributed by atoms with van der Waals surface area (Å²) >= 11 is 0. The zero-order chi connectivity index (χ0) is 16.2. The first-order valence-electron chi connectivity index (χ1n) is 7.64. The SMILES string of the molecule is CC(=O)c1ccc(C#N)c(N2CCN(c3ccncc3)CC2)c1. The molecule has 2 heterocycles. The number of hydrogen-bond acceptors (Lipinski definition) is 5. The van der Waals surface area contributed by atoms with Crippen molar-refractivity contribution >= 4 is 17.2 Å².